The van der Waals surface area contributed by atoms with Gasteiger partial charge in [-0.25, -0.2) is 10.2 Å². The molecule has 4 aromatic rings. The molecule has 8 heteroatoms. The molecule has 1 amide bonds. The lowest BCUT2D eigenvalue weighted by Gasteiger charge is -2.06. The fraction of sp³-hybridized carbons (Fsp3) is 0.179. The lowest BCUT2D eigenvalue weighted by molar-refractivity contribution is -0.123. The summed E-state index contributed by atoms with van der Waals surface area (Å²) in [4.78, 5) is 25.1. The average Bonchev–Trinajstić information content (AvgIpc) is 3.24. The monoisotopic (exact) mass is 520 g/mol. The van der Waals surface area contributed by atoms with Gasteiger partial charge in [-0.3, -0.25) is 4.79 Å². The fourth-order valence-electron chi connectivity index (χ4n) is 3.45. The van der Waals surface area contributed by atoms with Gasteiger partial charge in [-0.1, -0.05) is 67.4 Å². The second kappa shape index (κ2) is 12.3. The maximum absolute atomic E-state index is 12.7. The van der Waals surface area contributed by atoms with Crippen molar-refractivity contribution in [2.45, 2.75) is 26.2 Å². The predicted octanol–water partition coefficient (Wildman–Crippen LogP) is 6.65. The SMILES string of the molecule is CCCCc1ccc(OCC(=O)N/N=C\c2cccc(OC(=O)c3sc4ccccc4c3Cl)c2)cc1. The number of thiophene rings is 1. The Kier molecular flexibility index (Phi) is 8.71. The summed E-state index contributed by atoms with van der Waals surface area (Å²) < 4.78 is 11.9. The van der Waals surface area contributed by atoms with E-state index < -0.39 is 5.97 Å². The number of nitrogens with one attached hydrogen (secondary N) is 1. The molecule has 0 radical (unpaired) electrons. The van der Waals surface area contributed by atoms with Crippen molar-refractivity contribution in [1.82, 2.24) is 5.43 Å². The first kappa shape index (κ1) is 25.4. The Balaban J connectivity index is 1.28. The van der Waals surface area contributed by atoms with Crippen molar-refractivity contribution in [3.63, 3.8) is 0 Å². The Morgan fingerprint density at radius 3 is 2.61 bits per heavy atom. The molecule has 0 bridgehead atoms. The van der Waals surface area contributed by atoms with Crippen molar-refractivity contribution in [3.05, 3.63) is 93.8 Å². The van der Waals surface area contributed by atoms with Crippen LogP contribution in [0.1, 0.15) is 40.6 Å². The van der Waals surface area contributed by atoms with E-state index in [4.69, 9.17) is 21.1 Å². The molecule has 36 heavy (non-hydrogen) atoms. The zero-order chi connectivity index (χ0) is 25.3. The van der Waals surface area contributed by atoms with Gasteiger partial charge in [0.25, 0.3) is 5.91 Å². The normalized spacial score (nSPS) is 11.1. The molecule has 184 valence electrons. The number of rotatable bonds is 10. The summed E-state index contributed by atoms with van der Waals surface area (Å²) in [7, 11) is 0. The summed E-state index contributed by atoms with van der Waals surface area (Å²) in [5.74, 6) is 0.0552. The number of nitrogens with zero attached hydrogens (tertiary/aromatic N) is 1. The topological polar surface area (TPSA) is 77.0 Å². The summed E-state index contributed by atoms with van der Waals surface area (Å²) in [6, 6.07) is 22.1. The van der Waals surface area contributed by atoms with Crippen molar-refractivity contribution in [2.24, 2.45) is 5.10 Å². The third-order valence-corrected chi connectivity index (χ3v) is 6.96. The molecular weight excluding hydrogens is 496 g/mol. The minimum atomic E-state index is -0.529. The van der Waals surface area contributed by atoms with Gasteiger partial charge in [-0.2, -0.15) is 5.10 Å². The van der Waals surface area contributed by atoms with Gasteiger partial charge in [-0.05, 0) is 54.3 Å². The van der Waals surface area contributed by atoms with Crippen molar-refractivity contribution in [1.29, 1.82) is 0 Å². The van der Waals surface area contributed by atoms with Gasteiger partial charge in [0, 0.05) is 10.1 Å². The van der Waals surface area contributed by atoms with Gasteiger partial charge >= 0.3 is 5.97 Å². The number of carbonyl (C=O) groups is 2. The van der Waals surface area contributed by atoms with E-state index in [0.29, 0.717) is 27.0 Å². The highest BCUT2D eigenvalue weighted by Crippen LogP contribution is 2.35. The van der Waals surface area contributed by atoms with Crippen LogP contribution >= 0.6 is 22.9 Å². The number of hydrazone groups is 1. The van der Waals surface area contributed by atoms with Crippen LogP contribution in [0.25, 0.3) is 10.1 Å². The molecule has 0 atom stereocenters. The third kappa shape index (κ3) is 6.71. The van der Waals surface area contributed by atoms with Crippen LogP contribution < -0.4 is 14.9 Å². The largest absolute Gasteiger partial charge is 0.484 e. The summed E-state index contributed by atoms with van der Waals surface area (Å²) >= 11 is 7.66. The Labute approximate surface area is 218 Å². The van der Waals surface area contributed by atoms with E-state index in [1.54, 1.807) is 24.3 Å². The standard InChI is InChI=1S/C28H25ClN2O4S/c1-2-3-7-19-12-14-21(15-13-19)34-18-25(32)31-30-17-20-8-6-9-22(16-20)35-28(33)27-26(29)23-10-4-5-11-24(23)36-27/h4-6,8-17H,2-3,7,18H2,1H3,(H,31,32)/b30-17-. The first-order valence-electron chi connectivity index (χ1n) is 11.6. The molecule has 0 unspecified atom stereocenters. The highest BCUT2D eigenvalue weighted by molar-refractivity contribution is 7.21. The van der Waals surface area contributed by atoms with Crippen LogP contribution in [0.3, 0.4) is 0 Å². The molecular formula is C28H25ClN2O4S. The molecule has 0 aliphatic heterocycles. The Morgan fingerprint density at radius 2 is 1.83 bits per heavy atom. The number of ether oxygens (including phenoxy) is 2. The highest BCUT2D eigenvalue weighted by Gasteiger charge is 2.19. The van der Waals surface area contributed by atoms with Crippen molar-refractivity contribution >= 4 is 51.1 Å². The number of aryl methyl sites for hydroxylation is 1. The predicted molar refractivity (Wildman–Crippen MR) is 145 cm³/mol. The lowest BCUT2D eigenvalue weighted by atomic mass is 10.1. The molecule has 0 fully saturated rings. The van der Waals surface area contributed by atoms with Gasteiger partial charge in [0.15, 0.2) is 6.61 Å². The number of carbonyl (C=O) groups excluding carboxylic acids is 2. The molecule has 1 aromatic heterocycles. The second-order valence-corrected chi connectivity index (χ2v) is 9.46. The molecule has 1 heterocycles. The number of unbranched alkanes of at least 4 members (excludes halogenated alkanes) is 1. The number of hydrogen-bond donors (Lipinski definition) is 1. The number of hydrogen-bond acceptors (Lipinski definition) is 6. The Hall–Kier alpha value is -3.68. The van der Waals surface area contributed by atoms with Gasteiger partial charge in [0.2, 0.25) is 0 Å². The average molecular weight is 521 g/mol. The van der Waals surface area contributed by atoms with Crippen LogP contribution in [0.15, 0.2) is 77.9 Å². The quantitative estimate of drug-likeness (QED) is 0.110. The van der Waals surface area contributed by atoms with Gasteiger partial charge in [0.1, 0.15) is 16.4 Å². The molecule has 0 aliphatic carbocycles. The van der Waals surface area contributed by atoms with E-state index in [9.17, 15) is 9.59 Å². The van der Waals surface area contributed by atoms with Crippen molar-refractivity contribution < 1.29 is 19.1 Å². The van der Waals surface area contributed by atoms with Crippen LogP contribution in [-0.4, -0.2) is 24.7 Å². The minimum absolute atomic E-state index is 0.154. The Morgan fingerprint density at radius 1 is 1.03 bits per heavy atom. The fourth-order valence-corrected chi connectivity index (χ4v) is 4.84. The van der Waals surface area contributed by atoms with E-state index in [1.165, 1.54) is 23.1 Å². The molecule has 0 aliphatic rings. The maximum Gasteiger partial charge on any atom is 0.355 e. The molecule has 4 rings (SSSR count). The van der Waals surface area contributed by atoms with E-state index in [-0.39, 0.29) is 12.5 Å². The molecule has 0 saturated carbocycles. The second-order valence-electron chi connectivity index (χ2n) is 8.03. The van der Waals surface area contributed by atoms with E-state index >= 15 is 0 Å². The molecule has 3 aromatic carbocycles. The lowest BCUT2D eigenvalue weighted by Crippen LogP contribution is -2.24. The van der Waals surface area contributed by atoms with Crippen molar-refractivity contribution in [3.8, 4) is 11.5 Å². The smallest absolute Gasteiger partial charge is 0.355 e. The van der Waals surface area contributed by atoms with Gasteiger partial charge in [-0.15, -0.1) is 11.3 Å². The highest BCUT2D eigenvalue weighted by atomic mass is 35.5. The molecule has 6 nitrogen and oxygen atoms in total. The number of amides is 1. The number of halogens is 1. The molecule has 1 N–H and O–H groups in total. The molecule has 0 spiro atoms. The van der Waals surface area contributed by atoms with Crippen LogP contribution in [0.4, 0.5) is 0 Å². The van der Waals surface area contributed by atoms with Gasteiger partial charge in [0.05, 0.1) is 11.2 Å². The number of fused-ring (bicyclic) bond motifs is 1. The Bertz CT molecular complexity index is 1380. The number of benzene rings is 3. The van der Waals surface area contributed by atoms with Crippen LogP contribution in [0.5, 0.6) is 11.5 Å². The molecule has 0 saturated heterocycles. The maximum atomic E-state index is 12.7. The van der Waals surface area contributed by atoms with E-state index in [1.807, 2.05) is 48.5 Å². The van der Waals surface area contributed by atoms with Gasteiger partial charge < -0.3 is 9.47 Å². The van der Waals surface area contributed by atoms with E-state index in [2.05, 4.69) is 17.5 Å². The zero-order valence-corrected chi connectivity index (χ0v) is 21.3. The van der Waals surface area contributed by atoms with Crippen LogP contribution in [0, 0.1) is 0 Å². The minimum Gasteiger partial charge on any atom is -0.484 e. The summed E-state index contributed by atoms with van der Waals surface area (Å²) in [5.41, 5.74) is 4.32. The number of esters is 1. The first-order valence-corrected chi connectivity index (χ1v) is 12.8. The summed E-state index contributed by atoms with van der Waals surface area (Å²) in [5, 5.41) is 5.16. The third-order valence-electron chi connectivity index (χ3n) is 5.30. The van der Waals surface area contributed by atoms with E-state index in [0.717, 1.165) is 29.3 Å². The summed E-state index contributed by atoms with van der Waals surface area (Å²) in [6.07, 6.45) is 4.79. The summed E-state index contributed by atoms with van der Waals surface area (Å²) in [6.45, 7) is 2.01. The zero-order valence-electron chi connectivity index (χ0n) is 19.7. The van der Waals surface area contributed by atoms with Crippen molar-refractivity contribution in [2.75, 3.05) is 6.61 Å². The van der Waals surface area contributed by atoms with Crippen LogP contribution in [-0.2, 0) is 11.2 Å². The first-order chi connectivity index (χ1) is 17.5. The van der Waals surface area contributed by atoms with Crippen LogP contribution in [0.2, 0.25) is 5.02 Å².